The Morgan fingerprint density at radius 3 is 1.57 bits per heavy atom. The third-order valence-electron chi connectivity index (χ3n) is 4.37. The Labute approximate surface area is 140 Å². The molecule has 0 amide bonds. The molecule has 0 saturated heterocycles. The third kappa shape index (κ3) is 4.66. The lowest BCUT2D eigenvalue weighted by atomic mass is 9.83. The quantitative estimate of drug-likeness (QED) is 0.740. The van der Waals surface area contributed by atoms with Gasteiger partial charge in [0.05, 0.1) is 0 Å². The van der Waals surface area contributed by atoms with Gasteiger partial charge in [0.25, 0.3) is 0 Å². The highest BCUT2D eigenvalue weighted by molar-refractivity contribution is 5.35. The molecule has 124 valence electrons. The molecular weight excluding hydrogens is 282 g/mol. The van der Waals surface area contributed by atoms with Crippen molar-refractivity contribution in [1.29, 1.82) is 0 Å². The van der Waals surface area contributed by atoms with Gasteiger partial charge in [-0.15, -0.1) is 0 Å². The van der Waals surface area contributed by atoms with Crippen LogP contribution in [0.4, 0.5) is 0 Å². The fraction of sp³-hybridized carbons (Fsp3) is 0.429. The first-order valence-corrected chi connectivity index (χ1v) is 8.76. The minimum Gasteiger partial charge on any atom is -0.380 e. The van der Waals surface area contributed by atoms with Gasteiger partial charge in [-0.2, -0.15) is 0 Å². The van der Waals surface area contributed by atoms with E-state index in [1.54, 1.807) is 0 Å². The average molecular weight is 311 g/mol. The van der Waals surface area contributed by atoms with Crippen molar-refractivity contribution < 1.29 is 5.11 Å². The zero-order chi connectivity index (χ0) is 16.5. The molecule has 2 heteroatoms. The van der Waals surface area contributed by atoms with Crippen LogP contribution < -0.4 is 0 Å². The summed E-state index contributed by atoms with van der Waals surface area (Å²) >= 11 is 0. The molecular formula is C21H29NO. The first-order chi connectivity index (χ1) is 11.2. The minimum absolute atomic E-state index is 0.709. The maximum atomic E-state index is 11.5. The van der Waals surface area contributed by atoms with Crippen molar-refractivity contribution in [2.45, 2.75) is 38.7 Å². The summed E-state index contributed by atoms with van der Waals surface area (Å²) in [6.45, 7) is 7.51. The van der Waals surface area contributed by atoms with Crippen LogP contribution in [-0.4, -0.2) is 29.6 Å². The number of benzene rings is 2. The molecule has 0 unspecified atom stereocenters. The minimum atomic E-state index is -0.928. The van der Waals surface area contributed by atoms with Gasteiger partial charge < -0.3 is 10.0 Å². The van der Waals surface area contributed by atoms with E-state index in [1.807, 2.05) is 60.7 Å². The molecule has 0 aliphatic heterocycles. The van der Waals surface area contributed by atoms with E-state index >= 15 is 0 Å². The number of aliphatic hydroxyl groups is 1. The van der Waals surface area contributed by atoms with Crippen LogP contribution in [0.2, 0.25) is 0 Å². The maximum Gasteiger partial charge on any atom is 0.116 e. The molecule has 2 rings (SSSR count). The molecule has 0 heterocycles. The topological polar surface area (TPSA) is 23.5 Å². The van der Waals surface area contributed by atoms with Crippen LogP contribution in [-0.2, 0) is 5.60 Å². The fourth-order valence-corrected chi connectivity index (χ4v) is 3.17. The van der Waals surface area contributed by atoms with Crippen LogP contribution >= 0.6 is 0 Å². The highest BCUT2D eigenvalue weighted by atomic mass is 16.3. The lowest BCUT2D eigenvalue weighted by molar-refractivity contribution is 0.0572. The van der Waals surface area contributed by atoms with E-state index in [9.17, 15) is 5.11 Å². The van der Waals surface area contributed by atoms with Crippen LogP contribution in [0.25, 0.3) is 0 Å². The smallest absolute Gasteiger partial charge is 0.116 e. The summed E-state index contributed by atoms with van der Waals surface area (Å²) in [5.41, 5.74) is 1.01. The Kier molecular flexibility index (Phi) is 6.82. The zero-order valence-corrected chi connectivity index (χ0v) is 14.4. The van der Waals surface area contributed by atoms with Crippen molar-refractivity contribution in [2.75, 3.05) is 19.6 Å². The highest BCUT2D eigenvalue weighted by Gasteiger charge is 2.31. The lowest BCUT2D eigenvalue weighted by Gasteiger charge is -2.32. The molecule has 0 saturated carbocycles. The summed E-state index contributed by atoms with van der Waals surface area (Å²) in [6, 6.07) is 20.1. The molecule has 0 bridgehead atoms. The summed E-state index contributed by atoms with van der Waals surface area (Å²) in [5, 5.41) is 11.5. The number of hydrogen-bond acceptors (Lipinski definition) is 2. The van der Waals surface area contributed by atoms with E-state index in [1.165, 1.54) is 0 Å². The standard InChI is InChI=1S/C21H29NO/c1-3-16-22(17-4-2)18-15-21(23,19-11-7-5-8-12-19)20-13-9-6-10-14-20/h5-14,23H,3-4,15-18H2,1-2H3. The van der Waals surface area contributed by atoms with Gasteiger partial charge in [0.2, 0.25) is 0 Å². The number of nitrogens with zero attached hydrogens (tertiary/aromatic N) is 1. The predicted molar refractivity (Wildman–Crippen MR) is 97.5 cm³/mol. The van der Waals surface area contributed by atoms with Crippen LogP contribution in [0.15, 0.2) is 60.7 Å². The molecule has 23 heavy (non-hydrogen) atoms. The Bertz CT molecular complexity index is 507. The zero-order valence-electron chi connectivity index (χ0n) is 14.4. The van der Waals surface area contributed by atoms with Gasteiger partial charge in [0.15, 0.2) is 0 Å². The molecule has 0 fully saturated rings. The van der Waals surface area contributed by atoms with Gasteiger partial charge in [-0.25, -0.2) is 0 Å². The Morgan fingerprint density at radius 2 is 1.17 bits per heavy atom. The summed E-state index contributed by atoms with van der Waals surface area (Å²) in [6.07, 6.45) is 3.01. The first-order valence-electron chi connectivity index (χ1n) is 8.76. The van der Waals surface area contributed by atoms with Crippen LogP contribution in [0.3, 0.4) is 0 Å². The summed E-state index contributed by atoms with van der Waals surface area (Å²) in [7, 11) is 0. The monoisotopic (exact) mass is 311 g/mol. The summed E-state index contributed by atoms with van der Waals surface area (Å²) in [5.74, 6) is 0. The molecule has 0 aliphatic carbocycles. The van der Waals surface area contributed by atoms with Gasteiger partial charge in [0, 0.05) is 6.54 Å². The second kappa shape index (κ2) is 8.85. The van der Waals surface area contributed by atoms with E-state index in [-0.39, 0.29) is 0 Å². The molecule has 2 aromatic carbocycles. The highest BCUT2D eigenvalue weighted by Crippen LogP contribution is 2.33. The van der Waals surface area contributed by atoms with E-state index < -0.39 is 5.60 Å². The molecule has 0 atom stereocenters. The Morgan fingerprint density at radius 1 is 0.739 bits per heavy atom. The molecule has 1 N–H and O–H groups in total. The predicted octanol–water partition coefficient (Wildman–Crippen LogP) is 4.43. The van der Waals surface area contributed by atoms with Crippen molar-refractivity contribution in [3.05, 3.63) is 71.8 Å². The van der Waals surface area contributed by atoms with Crippen molar-refractivity contribution in [2.24, 2.45) is 0 Å². The van der Waals surface area contributed by atoms with Crippen molar-refractivity contribution in [3.63, 3.8) is 0 Å². The largest absolute Gasteiger partial charge is 0.380 e. The average Bonchev–Trinajstić information content (AvgIpc) is 2.61. The van der Waals surface area contributed by atoms with Crippen LogP contribution in [0.5, 0.6) is 0 Å². The number of hydrogen-bond donors (Lipinski definition) is 1. The van der Waals surface area contributed by atoms with Gasteiger partial charge in [0.1, 0.15) is 5.60 Å². The lowest BCUT2D eigenvalue weighted by Crippen LogP contribution is -2.35. The van der Waals surface area contributed by atoms with Gasteiger partial charge in [-0.1, -0.05) is 74.5 Å². The molecule has 0 radical (unpaired) electrons. The van der Waals surface area contributed by atoms with Gasteiger partial charge in [-0.3, -0.25) is 0 Å². The molecule has 0 aliphatic rings. The number of rotatable bonds is 9. The summed E-state index contributed by atoms with van der Waals surface area (Å²) in [4.78, 5) is 2.46. The van der Waals surface area contributed by atoms with Gasteiger partial charge >= 0.3 is 0 Å². The second-order valence-corrected chi connectivity index (χ2v) is 6.18. The Balaban J connectivity index is 2.24. The normalized spacial score (nSPS) is 11.8. The first kappa shape index (κ1) is 17.7. The molecule has 0 aromatic heterocycles. The maximum absolute atomic E-state index is 11.5. The van der Waals surface area contributed by atoms with Crippen molar-refractivity contribution >= 4 is 0 Å². The molecule has 0 spiro atoms. The van der Waals surface area contributed by atoms with E-state index in [0.717, 1.165) is 43.6 Å². The van der Waals surface area contributed by atoms with Crippen LogP contribution in [0, 0.1) is 0 Å². The summed E-state index contributed by atoms with van der Waals surface area (Å²) < 4.78 is 0. The van der Waals surface area contributed by atoms with E-state index in [2.05, 4.69) is 18.7 Å². The van der Waals surface area contributed by atoms with E-state index in [0.29, 0.717) is 6.42 Å². The van der Waals surface area contributed by atoms with Crippen LogP contribution in [0.1, 0.15) is 44.2 Å². The second-order valence-electron chi connectivity index (χ2n) is 6.18. The molecule has 2 nitrogen and oxygen atoms in total. The third-order valence-corrected chi connectivity index (χ3v) is 4.37. The van der Waals surface area contributed by atoms with Gasteiger partial charge in [-0.05, 0) is 43.5 Å². The SMILES string of the molecule is CCCN(CCC)CCC(O)(c1ccccc1)c1ccccc1. The van der Waals surface area contributed by atoms with Crippen molar-refractivity contribution in [1.82, 2.24) is 4.90 Å². The Hall–Kier alpha value is -1.64. The molecule has 2 aromatic rings. The fourth-order valence-electron chi connectivity index (χ4n) is 3.17. The van der Waals surface area contributed by atoms with E-state index in [4.69, 9.17) is 0 Å². The van der Waals surface area contributed by atoms with Crippen molar-refractivity contribution in [3.8, 4) is 0 Å².